The van der Waals surface area contributed by atoms with E-state index < -0.39 is 6.10 Å². The first-order valence-electron chi connectivity index (χ1n) is 24.5. The minimum atomic E-state index is -0.770. The Bertz CT molecular complexity index is 969. The van der Waals surface area contributed by atoms with Crippen LogP contribution < -0.4 is 0 Å². The third-order valence-electron chi connectivity index (χ3n) is 10.7. The molecule has 0 fully saturated rings. The van der Waals surface area contributed by atoms with E-state index in [0.29, 0.717) is 19.3 Å². The maximum Gasteiger partial charge on any atom is 0.306 e. The molecule has 0 aliphatic rings. The Kier molecular flexibility index (Phi) is 44.4. The normalized spacial score (nSPS) is 12.3. The number of carbonyl (C=O) groups is 3. The van der Waals surface area contributed by atoms with E-state index in [-0.39, 0.29) is 31.1 Å². The summed E-state index contributed by atoms with van der Waals surface area (Å²) >= 11 is 0. The molecule has 0 aromatic carbocycles. The zero-order valence-corrected chi connectivity index (χ0v) is 37.9. The van der Waals surface area contributed by atoms with Gasteiger partial charge in [0.05, 0.1) is 0 Å². The van der Waals surface area contributed by atoms with E-state index in [0.717, 1.165) is 70.6 Å². The molecule has 6 nitrogen and oxygen atoms in total. The minimum Gasteiger partial charge on any atom is -0.462 e. The minimum absolute atomic E-state index is 0.0723. The van der Waals surface area contributed by atoms with E-state index in [9.17, 15) is 14.4 Å². The van der Waals surface area contributed by atoms with Crippen LogP contribution in [0.2, 0.25) is 0 Å². The third kappa shape index (κ3) is 44.6. The van der Waals surface area contributed by atoms with Crippen molar-refractivity contribution >= 4 is 17.9 Å². The summed E-state index contributed by atoms with van der Waals surface area (Å²) in [4.78, 5) is 37.8. The average Bonchev–Trinajstić information content (AvgIpc) is 3.21. The van der Waals surface area contributed by atoms with E-state index >= 15 is 0 Å². The topological polar surface area (TPSA) is 78.9 Å². The summed E-state index contributed by atoms with van der Waals surface area (Å²) in [5.74, 6) is -0.878. The highest BCUT2D eigenvalue weighted by Gasteiger charge is 2.19. The van der Waals surface area contributed by atoms with Crippen molar-refractivity contribution in [2.45, 2.75) is 258 Å². The van der Waals surface area contributed by atoms with Crippen molar-refractivity contribution in [2.75, 3.05) is 13.2 Å². The highest BCUT2D eigenvalue weighted by molar-refractivity contribution is 5.71. The number of esters is 3. The lowest BCUT2D eigenvalue weighted by molar-refractivity contribution is -0.167. The summed E-state index contributed by atoms with van der Waals surface area (Å²) in [7, 11) is 0. The molecule has 0 saturated heterocycles. The zero-order valence-electron chi connectivity index (χ0n) is 37.9. The maximum absolute atomic E-state index is 12.7. The molecule has 0 aliphatic heterocycles. The molecule has 332 valence electrons. The Morgan fingerprint density at radius 3 is 1.05 bits per heavy atom. The summed E-state index contributed by atoms with van der Waals surface area (Å²) in [6.07, 6.45) is 52.6. The van der Waals surface area contributed by atoms with Crippen LogP contribution in [-0.4, -0.2) is 37.2 Å². The fraction of sp³-hybridized carbons (Fsp3) is 0.824. The largest absolute Gasteiger partial charge is 0.462 e. The summed E-state index contributed by atoms with van der Waals surface area (Å²) < 4.78 is 16.7. The van der Waals surface area contributed by atoms with E-state index in [1.165, 1.54) is 141 Å². The van der Waals surface area contributed by atoms with E-state index in [2.05, 4.69) is 57.2 Å². The maximum atomic E-state index is 12.7. The number of ether oxygens (including phenoxy) is 3. The van der Waals surface area contributed by atoms with Crippen LogP contribution in [0, 0.1) is 0 Å². The predicted octanol–water partition coefficient (Wildman–Crippen LogP) is 15.8. The van der Waals surface area contributed by atoms with Gasteiger partial charge >= 0.3 is 17.9 Å². The van der Waals surface area contributed by atoms with Crippen LogP contribution in [0.15, 0.2) is 36.5 Å². The predicted molar refractivity (Wildman–Crippen MR) is 242 cm³/mol. The van der Waals surface area contributed by atoms with Gasteiger partial charge in [-0.15, -0.1) is 0 Å². The SMILES string of the molecule is CC\C=C/C=C\C=C/CCCCCCCCCC(=O)OCC(COC(=O)CCCCCCCCCCCC)OC(=O)CCCCCCCCCCCCCCCC. The van der Waals surface area contributed by atoms with Crippen LogP contribution in [0.1, 0.15) is 252 Å². The average molecular weight is 801 g/mol. The Labute approximate surface area is 353 Å². The summed E-state index contributed by atoms with van der Waals surface area (Å²) in [6, 6.07) is 0. The van der Waals surface area contributed by atoms with Crippen LogP contribution >= 0.6 is 0 Å². The molecule has 6 heteroatoms. The molecule has 0 aromatic heterocycles. The van der Waals surface area contributed by atoms with Gasteiger partial charge in [-0.05, 0) is 38.5 Å². The Hall–Kier alpha value is -2.37. The second-order valence-corrected chi connectivity index (χ2v) is 16.4. The molecule has 0 bridgehead atoms. The van der Waals surface area contributed by atoms with Gasteiger partial charge in [0.15, 0.2) is 6.10 Å². The van der Waals surface area contributed by atoms with E-state index in [1.807, 2.05) is 0 Å². The number of carbonyl (C=O) groups excluding carboxylic acids is 3. The van der Waals surface area contributed by atoms with E-state index in [4.69, 9.17) is 14.2 Å². The van der Waals surface area contributed by atoms with Gasteiger partial charge in [0.1, 0.15) is 13.2 Å². The lowest BCUT2D eigenvalue weighted by Crippen LogP contribution is -2.30. The van der Waals surface area contributed by atoms with Crippen LogP contribution in [0.3, 0.4) is 0 Å². The van der Waals surface area contributed by atoms with Crippen LogP contribution in [0.5, 0.6) is 0 Å². The van der Waals surface area contributed by atoms with Crippen LogP contribution in [-0.2, 0) is 28.6 Å². The van der Waals surface area contributed by atoms with Gasteiger partial charge in [0.2, 0.25) is 0 Å². The number of rotatable bonds is 44. The number of hydrogen-bond donors (Lipinski definition) is 0. The van der Waals surface area contributed by atoms with Crippen molar-refractivity contribution < 1.29 is 28.6 Å². The van der Waals surface area contributed by atoms with E-state index in [1.54, 1.807) is 0 Å². The number of unbranched alkanes of at least 4 members (excludes halogenated alkanes) is 29. The lowest BCUT2D eigenvalue weighted by Gasteiger charge is -2.18. The molecule has 0 amide bonds. The molecule has 0 N–H and O–H groups in total. The first kappa shape index (κ1) is 54.6. The standard InChI is InChI=1S/C51H92O6/c1-4-7-10-13-16-19-22-24-26-28-29-32-35-38-41-44-50(53)56-47-48(46-55-49(52)43-40-37-34-31-21-18-15-12-9-6-3)57-51(54)45-42-39-36-33-30-27-25-23-20-17-14-11-8-5-2/h7,10,13,16,19,22,48H,4-6,8-9,11-12,14-15,17-18,20-21,23-47H2,1-3H3/b10-7-,16-13-,22-19-. The van der Waals surface area contributed by atoms with Gasteiger partial charge in [0, 0.05) is 19.3 Å². The van der Waals surface area contributed by atoms with Crippen LogP contribution in [0.25, 0.3) is 0 Å². The summed E-state index contributed by atoms with van der Waals surface area (Å²) in [5.41, 5.74) is 0. The summed E-state index contributed by atoms with van der Waals surface area (Å²) in [5, 5.41) is 0. The second-order valence-electron chi connectivity index (χ2n) is 16.4. The highest BCUT2D eigenvalue weighted by atomic mass is 16.6. The molecule has 0 heterocycles. The Morgan fingerprint density at radius 1 is 0.368 bits per heavy atom. The van der Waals surface area contributed by atoms with Gasteiger partial charge in [-0.2, -0.15) is 0 Å². The van der Waals surface area contributed by atoms with Gasteiger partial charge in [-0.25, -0.2) is 0 Å². The van der Waals surface area contributed by atoms with Crippen molar-refractivity contribution in [3.63, 3.8) is 0 Å². The number of hydrogen-bond acceptors (Lipinski definition) is 6. The van der Waals surface area contributed by atoms with Crippen molar-refractivity contribution in [1.82, 2.24) is 0 Å². The van der Waals surface area contributed by atoms with Gasteiger partial charge in [-0.1, -0.05) is 231 Å². The molecular formula is C51H92O6. The smallest absolute Gasteiger partial charge is 0.306 e. The molecule has 0 spiro atoms. The second kappa shape index (κ2) is 46.3. The lowest BCUT2D eigenvalue weighted by atomic mass is 10.0. The van der Waals surface area contributed by atoms with Gasteiger partial charge in [0.25, 0.3) is 0 Å². The fourth-order valence-corrected chi connectivity index (χ4v) is 7.03. The van der Waals surface area contributed by atoms with Crippen molar-refractivity contribution in [1.29, 1.82) is 0 Å². The highest BCUT2D eigenvalue weighted by Crippen LogP contribution is 2.16. The molecule has 0 saturated carbocycles. The molecule has 0 aromatic rings. The first-order chi connectivity index (χ1) is 28.0. The van der Waals surface area contributed by atoms with Crippen molar-refractivity contribution in [3.8, 4) is 0 Å². The molecule has 0 radical (unpaired) electrons. The molecule has 0 rings (SSSR count). The molecule has 1 unspecified atom stereocenters. The van der Waals surface area contributed by atoms with Crippen molar-refractivity contribution in [2.24, 2.45) is 0 Å². The van der Waals surface area contributed by atoms with Crippen LogP contribution in [0.4, 0.5) is 0 Å². The number of allylic oxidation sites excluding steroid dienone is 6. The molecule has 57 heavy (non-hydrogen) atoms. The van der Waals surface area contributed by atoms with Gasteiger partial charge < -0.3 is 14.2 Å². The first-order valence-corrected chi connectivity index (χ1v) is 24.5. The fourth-order valence-electron chi connectivity index (χ4n) is 7.03. The summed E-state index contributed by atoms with van der Waals surface area (Å²) in [6.45, 7) is 6.50. The molecule has 0 aliphatic carbocycles. The Morgan fingerprint density at radius 2 is 0.684 bits per heavy atom. The third-order valence-corrected chi connectivity index (χ3v) is 10.7. The Balaban J connectivity index is 4.35. The molecular weight excluding hydrogens is 709 g/mol. The van der Waals surface area contributed by atoms with Gasteiger partial charge in [-0.3, -0.25) is 14.4 Å². The van der Waals surface area contributed by atoms with Crippen molar-refractivity contribution in [3.05, 3.63) is 36.5 Å². The zero-order chi connectivity index (χ0) is 41.5. The quantitative estimate of drug-likeness (QED) is 0.0264. The molecule has 1 atom stereocenters. The monoisotopic (exact) mass is 801 g/mol.